The molecule has 0 aliphatic carbocycles. The molecule has 2 heterocycles. The number of aromatic carboxylic acids is 1. The molecule has 106 valence electrons. The number of H-pyrrole nitrogens is 1. The van der Waals surface area contributed by atoms with Crippen molar-refractivity contribution >= 4 is 17.0 Å². The molecule has 21 heavy (non-hydrogen) atoms. The average Bonchev–Trinajstić information content (AvgIpc) is 2.81. The minimum absolute atomic E-state index is 0.122. The Hall–Kier alpha value is -2.89. The Morgan fingerprint density at radius 2 is 2.14 bits per heavy atom. The summed E-state index contributed by atoms with van der Waals surface area (Å²) in [7, 11) is 0. The Morgan fingerprint density at radius 1 is 1.29 bits per heavy atom. The van der Waals surface area contributed by atoms with Crippen LogP contribution in [0.2, 0.25) is 0 Å². The van der Waals surface area contributed by atoms with E-state index in [0.29, 0.717) is 24.0 Å². The van der Waals surface area contributed by atoms with E-state index in [9.17, 15) is 14.7 Å². The van der Waals surface area contributed by atoms with Crippen LogP contribution < -0.4 is 5.69 Å². The second-order valence-electron chi connectivity index (χ2n) is 4.70. The fraction of sp³-hybridized carbons (Fsp3) is 0.133. The van der Waals surface area contributed by atoms with E-state index in [0.717, 1.165) is 5.56 Å². The van der Waals surface area contributed by atoms with Crippen molar-refractivity contribution in [2.24, 2.45) is 0 Å². The third-order valence-corrected chi connectivity index (χ3v) is 3.37. The number of nitrogens with one attached hydrogen (secondary N) is 1. The molecule has 6 heteroatoms. The van der Waals surface area contributed by atoms with Crippen LogP contribution in [0.4, 0.5) is 0 Å². The van der Waals surface area contributed by atoms with E-state index < -0.39 is 5.97 Å². The summed E-state index contributed by atoms with van der Waals surface area (Å²) < 4.78 is 1.46. The van der Waals surface area contributed by atoms with Crippen molar-refractivity contribution in [1.82, 2.24) is 14.5 Å². The lowest BCUT2D eigenvalue weighted by molar-refractivity contribution is 0.0698. The number of hydrogen-bond donors (Lipinski definition) is 2. The summed E-state index contributed by atoms with van der Waals surface area (Å²) in [5.74, 6) is -1.05. The first kappa shape index (κ1) is 13.1. The second-order valence-corrected chi connectivity index (χ2v) is 4.70. The number of imidazole rings is 1. The number of aromatic nitrogens is 3. The molecule has 0 saturated carbocycles. The van der Waals surface area contributed by atoms with Crippen molar-refractivity contribution in [3.8, 4) is 0 Å². The summed E-state index contributed by atoms with van der Waals surface area (Å²) in [6.45, 7) is 0.398. The summed E-state index contributed by atoms with van der Waals surface area (Å²) in [5, 5.41) is 9.26. The van der Waals surface area contributed by atoms with Crippen LogP contribution in [0, 0.1) is 0 Å². The van der Waals surface area contributed by atoms with Gasteiger partial charge in [-0.25, -0.2) is 9.59 Å². The van der Waals surface area contributed by atoms with Crippen LogP contribution in [-0.4, -0.2) is 25.6 Å². The zero-order valence-electron chi connectivity index (χ0n) is 11.1. The SMILES string of the molecule is O=C(O)c1cccc2[nH]c(=O)n(CCc3cccnc3)c12. The Bertz CT molecular complexity index is 849. The van der Waals surface area contributed by atoms with E-state index in [1.807, 2.05) is 12.1 Å². The molecular weight excluding hydrogens is 270 g/mol. The molecule has 0 fully saturated rings. The van der Waals surface area contributed by atoms with Gasteiger partial charge in [-0.15, -0.1) is 0 Å². The van der Waals surface area contributed by atoms with Crippen molar-refractivity contribution in [3.05, 3.63) is 64.3 Å². The molecule has 0 saturated heterocycles. The number of carboxylic acid groups (broad SMARTS) is 1. The molecule has 3 aromatic rings. The Kier molecular flexibility index (Phi) is 3.27. The monoisotopic (exact) mass is 283 g/mol. The summed E-state index contributed by atoms with van der Waals surface area (Å²) in [4.78, 5) is 30.1. The average molecular weight is 283 g/mol. The highest BCUT2D eigenvalue weighted by molar-refractivity contribution is 6.01. The van der Waals surface area contributed by atoms with Gasteiger partial charge in [-0.3, -0.25) is 9.55 Å². The van der Waals surface area contributed by atoms with Crippen LogP contribution in [0.25, 0.3) is 11.0 Å². The molecule has 0 amide bonds. The van der Waals surface area contributed by atoms with Crippen LogP contribution in [0.5, 0.6) is 0 Å². The summed E-state index contributed by atoms with van der Waals surface area (Å²) in [6, 6.07) is 8.57. The molecule has 1 aromatic carbocycles. The fourth-order valence-corrected chi connectivity index (χ4v) is 2.39. The molecule has 6 nitrogen and oxygen atoms in total. The molecule has 2 aromatic heterocycles. The van der Waals surface area contributed by atoms with E-state index in [1.165, 1.54) is 10.6 Å². The van der Waals surface area contributed by atoms with Crippen molar-refractivity contribution in [3.63, 3.8) is 0 Å². The molecule has 3 rings (SSSR count). The zero-order valence-corrected chi connectivity index (χ0v) is 11.1. The van der Waals surface area contributed by atoms with Gasteiger partial charge in [-0.2, -0.15) is 0 Å². The minimum atomic E-state index is -1.05. The van der Waals surface area contributed by atoms with Crippen molar-refractivity contribution in [1.29, 1.82) is 0 Å². The van der Waals surface area contributed by atoms with Crippen molar-refractivity contribution in [2.75, 3.05) is 0 Å². The number of carbonyl (C=O) groups is 1. The number of nitrogens with zero attached hydrogens (tertiary/aromatic N) is 2. The maximum Gasteiger partial charge on any atom is 0.337 e. The number of hydrogen-bond acceptors (Lipinski definition) is 3. The smallest absolute Gasteiger partial charge is 0.337 e. The molecule has 0 atom stereocenters. The van der Waals surface area contributed by atoms with E-state index in [2.05, 4.69) is 9.97 Å². The molecule has 0 aliphatic heterocycles. The van der Waals surface area contributed by atoms with Gasteiger partial charge in [0, 0.05) is 18.9 Å². The normalized spacial score (nSPS) is 10.9. The third-order valence-electron chi connectivity index (χ3n) is 3.37. The quantitative estimate of drug-likeness (QED) is 0.762. The topological polar surface area (TPSA) is 88.0 Å². The van der Waals surface area contributed by atoms with Gasteiger partial charge in [0.25, 0.3) is 0 Å². The van der Waals surface area contributed by atoms with Crippen molar-refractivity contribution < 1.29 is 9.90 Å². The predicted octanol–water partition coefficient (Wildman–Crippen LogP) is 1.67. The number of aryl methyl sites for hydroxylation is 2. The maximum absolute atomic E-state index is 12.0. The Labute approximate surface area is 119 Å². The highest BCUT2D eigenvalue weighted by Crippen LogP contribution is 2.16. The fourth-order valence-electron chi connectivity index (χ4n) is 2.39. The second kappa shape index (κ2) is 5.24. The van der Waals surface area contributed by atoms with Gasteiger partial charge < -0.3 is 10.1 Å². The lowest BCUT2D eigenvalue weighted by Crippen LogP contribution is -2.19. The van der Waals surface area contributed by atoms with Crippen LogP contribution in [-0.2, 0) is 13.0 Å². The number of carboxylic acids is 1. The summed E-state index contributed by atoms with van der Waals surface area (Å²) >= 11 is 0. The molecule has 0 spiro atoms. The molecule has 0 aliphatic rings. The van der Waals surface area contributed by atoms with Gasteiger partial charge in [0.1, 0.15) is 0 Å². The largest absolute Gasteiger partial charge is 0.478 e. The molecular formula is C15H13N3O3. The van der Waals surface area contributed by atoms with Crippen LogP contribution in [0.1, 0.15) is 15.9 Å². The lowest BCUT2D eigenvalue weighted by atomic mass is 10.1. The number of rotatable bonds is 4. The Balaban J connectivity index is 2.04. The highest BCUT2D eigenvalue weighted by Gasteiger charge is 2.15. The lowest BCUT2D eigenvalue weighted by Gasteiger charge is -2.05. The summed E-state index contributed by atoms with van der Waals surface area (Å²) in [5.41, 5.74) is 1.77. The molecule has 0 bridgehead atoms. The van der Waals surface area contributed by atoms with E-state index in [-0.39, 0.29) is 11.3 Å². The van der Waals surface area contributed by atoms with Gasteiger partial charge in [-0.1, -0.05) is 12.1 Å². The van der Waals surface area contributed by atoms with Crippen LogP contribution in [0.3, 0.4) is 0 Å². The van der Waals surface area contributed by atoms with Gasteiger partial charge in [0.15, 0.2) is 0 Å². The van der Waals surface area contributed by atoms with E-state index in [1.54, 1.807) is 24.5 Å². The summed E-state index contributed by atoms with van der Waals surface area (Å²) in [6.07, 6.45) is 4.02. The third kappa shape index (κ3) is 2.43. The Morgan fingerprint density at radius 3 is 2.86 bits per heavy atom. The van der Waals surface area contributed by atoms with Crippen LogP contribution >= 0.6 is 0 Å². The standard InChI is InChI=1S/C15H13N3O3/c19-14(20)11-4-1-5-12-13(11)18(15(21)17-12)8-6-10-3-2-7-16-9-10/h1-5,7,9H,6,8H2,(H,17,21)(H,19,20). The number of benzene rings is 1. The number of para-hydroxylation sites is 1. The number of aromatic amines is 1. The first-order valence-corrected chi connectivity index (χ1v) is 6.50. The predicted molar refractivity (Wildman–Crippen MR) is 77.5 cm³/mol. The van der Waals surface area contributed by atoms with Gasteiger partial charge in [0.2, 0.25) is 0 Å². The first-order chi connectivity index (χ1) is 10.2. The van der Waals surface area contributed by atoms with Gasteiger partial charge >= 0.3 is 11.7 Å². The molecule has 0 radical (unpaired) electrons. The number of pyridine rings is 1. The van der Waals surface area contributed by atoms with Crippen LogP contribution in [0.15, 0.2) is 47.5 Å². The maximum atomic E-state index is 12.0. The van der Waals surface area contributed by atoms with Gasteiger partial charge in [-0.05, 0) is 30.2 Å². The van der Waals surface area contributed by atoms with Crippen molar-refractivity contribution in [2.45, 2.75) is 13.0 Å². The number of fused-ring (bicyclic) bond motifs is 1. The minimum Gasteiger partial charge on any atom is -0.478 e. The van der Waals surface area contributed by atoms with E-state index >= 15 is 0 Å². The highest BCUT2D eigenvalue weighted by atomic mass is 16.4. The van der Waals surface area contributed by atoms with E-state index in [4.69, 9.17) is 0 Å². The van der Waals surface area contributed by atoms with Gasteiger partial charge in [0.05, 0.1) is 16.6 Å². The first-order valence-electron chi connectivity index (χ1n) is 6.50. The molecule has 0 unspecified atom stereocenters. The zero-order chi connectivity index (χ0) is 14.8. The molecule has 2 N–H and O–H groups in total.